The van der Waals surface area contributed by atoms with Gasteiger partial charge in [-0.2, -0.15) is 10.4 Å². The Labute approximate surface area is 200 Å². The molecule has 0 radical (unpaired) electrons. The van der Waals surface area contributed by atoms with E-state index in [2.05, 4.69) is 11.4 Å². The van der Waals surface area contributed by atoms with Crippen molar-refractivity contribution in [2.75, 3.05) is 26.4 Å². The Kier molecular flexibility index (Phi) is 7.03. The van der Waals surface area contributed by atoms with E-state index in [0.29, 0.717) is 49.4 Å². The summed E-state index contributed by atoms with van der Waals surface area (Å²) in [4.78, 5) is 25.5. The molecule has 1 saturated heterocycles. The molecule has 4 rings (SSSR count). The lowest BCUT2D eigenvalue weighted by Crippen LogP contribution is -2.41. The van der Waals surface area contributed by atoms with Gasteiger partial charge in [0.25, 0.3) is 5.91 Å². The van der Waals surface area contributed by atoms with E-state index >= 15 is 0 Å². The SMILES string of the molecule is CCc1nn(C[C@@H](C)COC(=O)c2ccc(C#N)c(C)c2)c2c1C(=O)NCC1(CCOCC1)C2. The number of aromatic nitrogens is 2. The van der Waals surface area contributed by atoms with E-state index in [1.54, 1.807) is 25.1 Å². The third-order valence-corrected chi connectivity index (χ3v) is 6.98. The van der Waals surface area contributed by atoms with Crippen LogP contribution in [0, 0.1) is 29.6 Å². The molecule has 1 aromatic heterocycles. The third-order valence-electron chi connectivity index (χ3n) is 6.98. The molecule has 8 heteroatoms. The Morgan fingerprint density at radius 1 is 1.38 bits per heavy atom. The maximum atomic E-state index is 13.0. The monoisotopic (exact) mass is 464 g/mol. The van der Waals surface area contributed by atoms with Crippen molar-refractivity contribution < 1.29 is 19.1 Å². The number of aryl methyl sites for hydroxylation is 2. The van der Waals surface area contributed by atoms with Crippen LogP contribution in [0.5, 0.6) is 0 Å². The lowest BCUT2D eigenvalue weighted by atomic mass is 9.76. The molecule has 1 atom stereocenters. The first-order chi connectivity index (χ1) is 16.4. The van der Waals surface area contributed by atoms with E-state index in [0.717, 1.165) is 36.2 Å². The minimum Gasteiger partial charge on any atom is -0.462 e. The van der Waals surface area contributed by atoms with Gasteiger partial charge >= 0.3 is 5.97 Å². The Hall–Kier alpha value is -3.18. The number of nitriles is 1. The van der Waals surface area contributed by atoms with E-state index in [4.69, 9.17) is 19.8 Å². The van der Waals surface area contributed by atoms with Gasteiger partial charge in [-0.05, 0) is 61.8 Å². The first kappa shape index (κ1) is 24.0. The minimum absolute atomic E-state index is 0.00842. The van der Waals surface area contributed by atoms with Crippen LogP contribution in [0.25, 0.3) is 0 Å². The van der Waals surface area contributed by atoms with Crippen molar-refractivity contribution in [3.8, 4) is 6.07 Å². The number of carbonyl (C=O) groups excluding carboxylic acids is 2. The van der Waals surface area contributed by atoms with E-state index in [-0.39, 0.29) is 23.8 Å². The fraction of sp³-hybridized carbons (Fsp3) is 0.538. The lowest BCUT2D eigenvalue weighted by Gasteiger charge is -2.36. The summed E-state index contributed by atoms with van der Waals surface area (Å²) >= 11 is 0. The van der Waals surface area contributed by atoms with E-state index in [1.807, 2.05) is 18.5 Å². The highest BCUT2D eigenvalue weighted by atomic mass is 16.5. The van der Waals surface area contributed by atoms with Crippen molar-refractivity contribution in [3.05, 3.63) is 51.8 Å². The molecule has 180 valence electrons. The number of hydrogen-bond acceptors (Lipinski definition) is 6. The van der Waals surface area contributed by atoms with Crippen LogP contribution in [-0.2, 0) is 28.9 Å². The zero-order chi connectivity index (χ0) is 24.3. The number of benzene rings is 1. The maximum absolute atomic E-state index is 13.0. The van der Waals surface area contributed by atoms with Gasteiger partial charge in [0.05, 0.1) is 40.8 Å². The first-order valence-electron chi connectivity index (χ1n) is 12.0. The summed E-state index contributed by atoms with van der Waals surface area (Å²) in [5.41, 5.74) is 4.22. The molecule has 0 unspecified atom stereocenters. The zero-order valence-corrected chi connectivity index (χ0v) is 20.1. The molecule has 1 aromatic carbocycles. The van der Waals surface area contributed by atoms with Gasteiger partial charge in [-0.1, -0.05) is 13.8 Å². The number of ether oxygens (including phenoxy) is 2. The highest BCUT2D eigenvalue weighted by molar-refractivity contribution is 5.97. The normalized spacial score (nSPS) is 17.9. The molecule has 2 aliphatic heterocycles. The Morgan fingerprint density at radius 3 is 2.82 bits per heavy atom. The Balaban J connectivity index is 1.48. The van der Waals surface area contributed by atoms with Crippen molar-refractivity contribution in [2.45, 2.75) is 53.0 Å². The molecule has 1 amide bonds. The van der Waals surface area contributed by atoms with Gasteiger partial charge in [-0.3, -0.25) is 9.48 Å². The van der Waals surface area contributed by atoms with Crippen LogP contribution in [0.3, 0.4) is 0 Å². The molecule has 2 aliphatic rings. The predicted octanol–water partition coefficient (Wildman–Crippen LogP) is 3.20. The summed E-state index contributed by atoms with van der Waals surface area (Å²) in [6.07, 6.45) is 3.29. The highest BCUT2D eigenvalue weighted by Crippen LogP contribution is 2.37. The number of esters is 1. The van der Waals surface area contributed by atoms with Gasteiger partial charge in [-0.15, -0.1) is 0 Å². The molecular weight excluding hydrogens is 432 g/mol. The van der Waals surface area contributed by atoms with Crippen molar-refractivity contribution in [1.29, 1.82) is 5.26 Å². The number of carbonyl (C=O) groups is 2. The molecule has 34 heavy (non-hydrogen) atoms. The molecule has 1 N–H and O–H groups in total. The number of rotatable bonds is 6. The van der Waals surface area contributed by atoms with E-state index < -0.39 is 5.97 Å². The number of nitrogens with zero attached hydrogens (tertiary/aromatic N) is 3. The smallest absolute Gasteiger partial charge is 0.338 e. The van der Waals surface area contributed by atoms with Crippen molar-refractivity contribution in [2.24, 2.45) is 11.3 Å². The van der Waals surface area contributed by atoms with Crippen LogP contribution >= 0.6 is 0 Å². The van der Waals surface area contributed by atoms with Crippen LogP contribution in [0.4, 0.5) is 0 Å². The second-order valence-corrected chi connectivity index (χ2v) is 9.62. The van der Waals surface area contributed by atoms with Gasteiger partial charge in [0.1, 0.15) is 0 Å². The highest BCUT2D eigenvalue weighted by Gasteiger charge is 2.39. The summed E-state index contributed by atoms with van der Waals surface area (Å²) in [6, 6.07) is 7.03. The topological polar surface area (TPSA) is 106 Å². The lowest BCUT2D eigenvalue weighted by molar-refractivity contribution is 0.0151. The average Bonchev–Trinajstić information content (AvgIpc) is 3.10. The molecule has 1 fully saturated rings. The molecule has 0 aliphatic carbocycles. The summed E-state index contributed by atoms with van der Waals surface area (Å²) < 4.78 is 13.1. The molecular formula is C26H32N4O4. The first-order valence-corrected chi connectivity index (χ1v) is 12.0. The molecule has 1 spiro atoms. The molecule has 2 aromatic rings. The van der Waals surface area contributed by atoms with E-state index in [9.17, 15) is 9.59 Å². The van der Waals surface area contributed by atoms with Gasteiger partial charge in [0.15, 0.2) is 0 Å². The Morgan fingerprint density at radius 2 is 2.15 bits per heavy atom. The zero-order valence-electron chi connectivity index (χ0n) is 20.1. The second kappa shape index (κ2) is 9.98. The number of nitrogens with one attached hydrogen (secondary N) is 1. The van der Waals surface area contributed by atoms with Gasteiger partial charge in [0.2, 0.25) is 0 Å². The van der Waals surface area contributed by atoms with Crippen LogP contribution in [0.1, 0.15) is 69.9 Å². The minimum atomic E-state index is -0.409. The quantitative estimate of drug-likeness (QED) is 0.658. The molecule has 0 bridgehead atoms. The summed E-state index contributed by atoms with van der Waals surface area (Å²) in [6.45, 7) is 8.69. The van der Waals surface area contributed by atoms with Crippen LogP contribution in [-0.4, -0.2) is 48.0 Å². The molecule has 3 heterocycles. The fourth-order valence-corrected chi connectivity index (χ4v) is 4.89. The van der Waals surface area contributed by atoms with E-state index in [1.165, 1.54) is 0 Å². The van der Waals surface area contributed by atoms with Gasteiger partial charge in [-0.25, -0.2) is 4.79 Å². The van der Waals surface area contributed by atoms with Crippen LogP contribution < -0.4 is 5.32 Å². The average molecular weight is 465 g/mol. The summed E-state index contributed by atoms with van der Waals surface area (Å²) in [5.74, 6) is -0.445. The van der Waals surface area contributed by atoms with Crippen molar-refractivity contribution >= 4 is 11.9 Å². The van der Waals surface area contributed by atoms with Crippen molar-refractivity contribution in [3.63, 3.8) is 0 Å². The van der Waals surface area contributed by atoms with Gasteiger partial charge in [0, 0.05) is 32.2 Å². The Bertz CT molecular complexity index is 1120. The fourth-order valence-electron chi connectivity index (χ4n) is 4.89. The molecule has 8 nitrogen and oxygen atoms in total. The summed E-state index contributed by atoms with van der Waals surface area (Å²) in [5, 5.41) is 17.0. The van der Waals surface area contributed by atoms with Gasteiger partial charge < -0.3 is 14.8 Å². The largest absolute Gasteiger partial charge is 0.462 e. The number of hydrogen-bond donors (Lipinski definition) is 1. The maximum Gasteiger partial charge on any atom is 0.338 e. The third kappa shape index (κ3) is 4.85. The molecule has 0 saturated carbocycles. The van der Waals surface area contributed by atoms with Crippen molar-refractivity contribution in [1.82, 2.24) is 15.1 Å². The second-order valence-electron chi connectivity index (χ2n) is 9.62. The standard InChI is InChI=1S/C26H32N4O4/c1-4-21-23-22(12-26(16-28-24(23)31)7-9-33-10-8-26)30(29-21)14-17(2)15-34-25(32)19-5-6-20(13-27)18(3)11-19/h5-6,11,17H,4,7-10,12,14-16H2,1-3H3,(H,28,31)/t17-/m1/s1. The number of fused-ring (bicyclic) bond motifs is 1. The summed E-state index contributed by atoms with van der Waals surface area (Å²) in [7, 11) is 0. The predicted molar refractivity (Wildman–Crippen MR) is 125 cm³/mol. The number of amides is 1. The van der Waals surface area contributed by atoms with Crippen LogP contribution in [0.2, 0.25) is 0 Å². The van der Waals surface area contributed by atoms with Crippen LogP contribution in [0.15, 0.2) is 18.2 Å².